The quantitative estimate of drug-likeness (QED) is 0.791. The molecule has 2 heteroatoms. The second-order valence-corrected chi connectivity index (χ2v) is 4.89. The lowest BCUT2D eigenvalue weighted by Gasteiger charge is -2.12. The first-order chi connectivity index (χ1) is 6.75. The predicted octanol–water partition coefficient (Wildman–Crippen LogP) is 3.94. The third kappa shape index (κ3) is 2.82. The highest BCUT2D eigenvalue weighted by molar-refractivity contribution is 9.10. The smallest absolute Gasteiger partial charge is 0.0796 e. The van der Waals surface area contributed by atoms with Gasteiger partial charge in [0.05, 0.1) is 12.7 Å². The molecule has 1 fully saturated rings. The summed E-state index contributed by atoms with van der Waals surface area (Å²) in [7, 11) is 0. The zero-order chi connectivity index (χ0) is 9.97. The summed E-state index contributed by atoms with van der Waals surface area (Å²) in [5, 5.41) is 0. The molecule has 1 saturated carbocycles. The van der Waals surface area contributed by atoms with Crippen molar-refractivity contribution in [2.45, 2.75) is 25.9 Å². The summed E-state index contributed by atoms with van der Waals surface area (Å²) in [6.07, 6.45) is 2.93. The van der Waals surface area contributed by atoms with E-state index in [9.17, 15) is 0 Å². The van der Waals surface area contributed by atoms with Crippen LogP contribution >= 0.6 is 15.9 Å². The third-order valence-corrected chi connectivity index (χ3v) is 3.15. The summed E-state index contributed by atoms with van der Waals surface area (Å²) in [6, 6.07) is 8.35. The van der Waals surface area contributed by atoms with Crippen LogP contribution in [0, 0.1) is 5.92 Å². The molecule has 1 atom stereocenters. The minimum Gasteiger partial charge on any atom is -0.374 e. The Bertz CT molecular complexity index is 290. The van der Waals surface area contributed by atoms with Gasteiger partial charge in [0.15, 0.2) is 0 Å². The fraction of sp³-hybridized carbons (Fsp3) is 0.500. The van der Waals surface area contributed by atoms with E-state index in [0.29, 0.717) is 0 Å². The Kier molecular flexibility index (Phi) is 3.24. The van der Waals surface area contributed by atoms with Crippen molar-refractivity contribution >= 4 is 15.9 Å². The average Bonchev–Trinajstić information content (AvgIpc) is 2.99. The van der Waals surface area contributed by atoms with Gasteiger partial charge in [-0.2, -0.15) is 0 Å². The highest BCUT2D eigenvalue weighted by atomic mass is 79.9. The molecule has 2 rings (SSSR count). The first-order valence-corrected chi connectivity index (χ1v) is 5.92. The molecule has 0 bridgehead atoms. The van der Waals surface area contributed by atoms with Crippen molar-refractivity contribution in [3.8, 4) is 0 Å². The largest absolute Gasteiger partial charge is 0.374 e. The van der Waals surface area contributed by atoms with Crippen molar-refractivity contribution in [2.75, 3.05) is 6.61 Å². The van der Waals surface area contributed by atoms with Gasteiger partial charge < -0.3 is 4.74 Å². The van der Waals surface area contributed by atoms with Crippen LogP contribution in [-0.4, -0.2) is 6.61 Å². The molecule has 0 radical (unpaired) electrons. The molecule has 0 spiro atoms. The summed E-state index contributed by atoms with van der Waals surface area (Å²) in [5.41, 5.74) is 1.26. The summed E-state index contributed by atoms with van der Waals surface area (Å²) in [4.78, 5) is 0. The van der Waals surface area contributed by atoms with Gasteiger partial charge in [-0.3, -0.25) is 0 Å². The second kappa shape index (κ2) is 4.45. The van der Waals surface area contributed by atoms with E-state index in [0.717, 1.165) is 17.0 Å². The molecule has 0 N–H and O–H groups in total. The van der Waals surface area contributed by atoms with Gasteiger partial charge in [-0.25, -0.2) is 0 Å². The Morgan fingerprint density at radius 3 is 2.57 bits per heavy atom. The molecule has 0 amide bonds. The van der Waals surface area contributed by atoms with Gasteiger partial charge in [0.1, 0.15) is 0 Å². The maximum Gasteiger partial charge on any atom is 0.0796 e. The minimum atomic E-state index is 0.226. The van der Waals surface area contributed by atoms with E-state index < -0.39 is 0 Å². The van der Waals surface area contributed by atoms with Crippen molar-refractivity contribution in [1.29, 1.82) is 0 Å². The van der Waals surface area contributed by atoms with Gasteiger partial charge in [-0.05, 0) is 43.4 Å². The number of ether oxygens (including phenoxy) is 1. The van der Waals surface area contributed by atoms with Crippen molar-refractivity contribution in [3.05, 3.63) is 34.3 Å². The Morgan fingerprint density at radius 2 is 2.00 bits per heavy atom. The molecule has 1 aliphatic rings. The van der Waals surface area contributed by atoms with Crippen molar-refractivity contribution in [2.24, 2.45) is 5.92 Å². The third-order valence-electron chi connectivity index (χ3n) is 2.62. The van der Waals surface area contributed by atoms with E-state index in [2.05, 4.69) is 47.1 Å². The molecule has 0 unspecified atom stereocenters. The van der Waals surface area contributed by atoms with E-state index in [1.807, 2.05) is 0 Å². The highest BCUT2D eigenvalue weighted by Crippen LogP contribution is 2.31. The number of hydrogen-bond acceptors (Lipinski definition) is 1. The molecular weight excluding hydrogens is 240 g/mol. The van der Waals surface area contributed by atoms with Crippen LogP contribution < -0.4 is 0 Å². The molecule has 1 aromatic carbocycles. The van der Waals surface area contributed by atoms with Crippen LogP contribution in [0.25, 0.3) is 0 Å². The van der Waals surface area contributed by atoms with Gasteiger partial charge in [0.25, 0.3) is 0 Å². The lowest BCUT2D eigenvalue weighted by molar-refractivity contribution is 0.0579. The maximum atomic E-state index is 5.78. The van der Waals surface area contributed by atoms with Gasteiger partial charge in [-0.15, -0.1) is 0 Å². The van der Waals surface area contributed by atoms with Crippen LogP contribution in [0.1, 0.15) is 31.4 Å². The first-order valence-electron chi connectivity index (χ1n) is 5.13. The molecule has 0 heterocycles. The predicted molar refractivity (Wildman–Crippen MR) is 61.2 cm³/mol. The first kappa shape index (κ1) is 10.2. The van der Waals surface area contributed by atoms with Gasteiger partial charge in [0, 0.05) is 4.47 Å². The summed E-state index contributed by atoms with van der Waals surface area (Å²) >= 11 is 3.43. The summed E-state index contributed by atoms with van der Waals surface area (Å²) in [5.74, 6) is 0.841. The molecule has 0 saturated heterocycles. The minimum absolute atomic E-state index is 0.226. The molecule has 1 nitrogen and oxygen atoms in total. The van der Waals surface area contributed by atoms with E-state index in [1.54, 1.807) is 0 Å². The van der Waals surface area contributed by atoms with Crippen molar-refractivity contribution in [3.63, 3.8) is 0 Å². The number of hydrogen-bond donors (Lipinski definition) is 0. The SMILES string of the molecule is C[C@H](OCC1CC1)c1ccc(Br)cc1. The molecule has 0 aliphatic heterocycles. The number of halogens is 1. The average molecular weight is 255 g/mol. The zero-order valence-corrected chi connectivity index (χ0v) is 9.96. The Labute approximate surface area is 93.6 Å². The van der Waals surface area contributed by atoms with Gasteiger partial charge in [-0.1, -0.05) is 28.1 Å². The lowest BCUT2D eigenvalue weighted by atomic mass is 10.1. The van der Waals surface area contributed by atoms with Crippen LogP contribution in [0.5, 0.6) is 0 Å². The normalized spacial score (nSPS) is 18.1. The Hall–Kier alpha value is -0.340. The Balaban J connectivity index is 1.88. The standard InChI is InChI=1S/C12H15BrO/c1-9(14-8-10-2-3-10)11-4-6-12(13)7-5-11/h4-7,9-10H,2-3,8H2,1H3/t9-/m0/s1. The van der Waals surface area contributed by atoms with E-state index >= 15 is 0 Å². The fourth-order valence-corrected chi connectivity index (χ4v) is 1.66. The van der Waals surface area contributed by atoms with Crippen LogP contribution in [0.3, 0.4) is 0 Å². The molecule has 1 aromatic rings. The molecule has 1 aliphatic carbocycles. The van der Waals surface area contributed by atoms with E-state index in [-0.39, 0.29) is 6.10 Å². The van der Waals surface area contributed by atoms with E-state index in [1.165, 1.54) is 18.4 Å². The maximum absolute atomic E-state index is 5.78. The monoisotopic (exact) mass is 254 g/mol. The zero-order valence-electron chi connectivity index (χ0n) is 8.37. The Morgan fingerprint density at radius 1 is 1.36 bits per heavy atom. The topological polar surface area (TPSA) is 9.23 Å². The van der Waals surface area contributed by atoms with Crippen LogP contribution in [0.2, 0.25) is 0 Å². The molecule has 76 valence electrons. The summed E-state index contributed by atoms with van der Waals surface area (Å²) in [6.45, 7) is 3.04. The van der Waals surface area contributed by atoms with Crippen molar-refractivity contribution in [1.82, 2.24) is 0 Å². The van der Waals surface area contributed by atoms with Crippen LogP contribution in [0.15, 0.2) is 28.7 Å². The van der Waals surface area contributed by atoms with Crippen LogP contribution in [0.4, 0.5) is 0 Å². The molecule has 14 heavy (non-hydrogen) atoms. The number of benzene rings is 1. The molecule has 0 aromatic heterocycles. The van der Waals surface area contributed by atoms with Gasteiger partial charge >= 0.3 is 0 Å². The lowest BCUT2D eigenvalue weighted by Crippen LogP contribution is -2.02. The van der Waals surface area contributed by atoms with E-state index in [4.69, 9.17) is 4.74 Å². The highest BCUT2D eigenvalue weighted by Gasteiger charge is 2.22. The van der Waals surface area contributed by atoms with Crippen LogP contribution in [-0.2, 0) is 4.74 Å². The van der Waals surface area contributed by atoms with Gasteiger partial charge in [0.2, 0.25) is 0 Å². The number of rotatable bonds is 4. The van der Waals surface area contributed by atoms with Crippen molar-refractivity contribution < 1.29 is 4.74 Å². The summed E-state index contributed by atoms with van der Waals surface area (Å²) < 4.78 is 6.90. The molecular formula is C12H15BrO. The fourth-order valence-electron chi connectivity index (χ4n) is 1.39. The second-order valence-electron chi connectivity index (χ2n) is 3.97.